The second-order valence-corrected chi connectivity index (χ2v) is 4.27. The van der Waals surface area contributed by atoms with Crippen molar-refractivity contribution in [1.29, 1.82) is 0 Å². The van der Waals surface area contributed by atoms with Gasteiger partial charge in [-0.2, -0.15) is 4.98 Å². The predicted molar refractivity (Wildman–Crippen MR) is 56.5 cm³/mol. The Morgan fingerprint density at radius 1 is 1.56 bits per heavy atom. The number of rotatable bonds is 3. The second kappa shape index (κ2) is 3.15. The van der Waals surface area contributed by atoms with Crippen molar-refractivity contribution >= 4 is 0 Å². The number of nitrogens with two attached hydrogens (primary N) is 1. The highest BCUT2D eigenvalue weighted by molar-refractivity contribution is 5.43. The zero-order valence-corrected chi connectivity index (χ0v) is 9.05. The van der Waals surface area contributed by atoms with Crippen LogP contribution in [0.15, 0.2) is 16.9 Å². The Morgan fingerprint density at radius 3 is 2.94 bits per heavy atom. The summed E-state index contributed by atoms with van der Waals surface area (Å²) in [6.45, 7) is 0.565. The Morgan fingerprint density at radius 2 is 2.38 bits per heavy atom. The average molecular weight is 219 g/mol. The van der Waals surface area contributed by atoms with Gasteiger partial charge in [-0.05, 0) is 12.8 Å². The minimum Gasteiger partial charge on any atom is -0.338 e. The van der Waals surface area contributed by atoms with Gasteiger partial charge in [0.1, 0.15) is 0 Å². The van der Waals surface area contributed by atoms with Crippen LogP contribution in [0.5, 0.6) is 0 Å². The van der Waals surface area contributed by atoms with Crippen LogP contribution in [-0.4, -0.2) is 26.2 Å². The first-order chi connectivity index (χ1) is 7.75. The van der Waals surface area contributed by atoms with Crippen LogP contribution in [0.25, 0.3) is 11.6 Å². The van der Waals surface area contributed by atoms with E-state index in [1.54, 1.807) is 6.20 Å². The summed E-state index contributed by atoms with van der Waals surface area (Å²) in [5.74, 6) is 1.89. The molecule has 1 saturated carbocycles. The lowest BCUT2D eigenvalue weighted by molar-refractivity contribution is 0.347. The highest BCUT2D eigenvalue weighted by Gasteiger charge is 2.48. The molecule has 3 rings (SSSR count). The molecule has 0 aromatic carbocycles. The number of imidazole rings is 1. The average Bonchev–Trinajstić information content (AvgIpc) is 2.72. The summed E-state index contributed by atoms with van der Waals surface area (Å²) in [5, 5.41) is 3.95. The minimum atomic E-state index is -0.0591. The highest BCUT2D eigenvalue weighted by atomic mass is 16.5. The third kappa shape index (κ3) is 1.26. The normalized spacial score (nSPS) is 17.6. The summed E-state index contributed by atoms with van der Waals surface area (Å²) in [6, 6.07) is 0. The molecule has 0 unspecified atom stereocenters. The Balaban J connectivity index is 1.97. The molecule has 1 fully saturated rings. The summed E-state index contributed by atoms with van der Waals surface area (Å²) in [4.78, 5) is 8.55. The van der Waals surface area contributed by atoms with Crippen LogP contribution in [0.2, 0.25) is 0 Å². The van der Waals surface area contributed by atoms with E-state index in [-0.39, 0.29) is 5.41 Å². The van der Waals surface area contributed by atoms with Gasteiger partial charge in [-0.3, -0.25) is 0 Å². The topological polar surface area (TPSA) is 82.8 Å². The van der Waals surface area contributed by atoms with Crippen molar-refractivity contribution in [3.63, 3.8) is 0 Å². The van der Waals surface area contributed by atoms with Crippen LogP contribution in [-0.2, 0) is 12.5 Å². The van der Waals surface area contributed by atoms with E-state index in [0.717, 1.165) is 12.8 Å². The molecule has 2 heterocycles. The van der Waals surface area contributed by atoms with Crippen LogP contribution in [0, 0.1) is 0 Å². The first-order valence-corrected chi connectivity index (χ1v) is 5.27. The minimum absolute atomic E-state index is 0.0591. The molecule has 0 spiro atoms. The van der Waals surface area contributed by atoms with Crippen LogP contribution < -0.4 is 5.73 Å². The fourth-order valence-corrected chi connectivity index (χ4v) is 1.77. The Hall–Kier alpha value is -1.69. The molecule has 0 bridgehead atoms. The van der Waals surface area contributed by atoms with Crippen molar-refractivity contribution in [3.05, 3.63) is 18.3 Å². The molecule has 0 radical (unpaired) electrons. The number of hydrogen-bond donors (Lipinski definition) is 1. The number of aromatic nitrogens is 4. The van der Waals surface area contributed by atoms with Crippen molar-refractivity contribution in [2.75, 3.05) is 6.54 Å². The molecule has 0 aliphatic heterocycles. The SMILES string of the molecule is Cn1ccnc1-c1noc(C2(CN)CC2)n1. The van der Waals surface area contributed by atoms with Crippen LogP contribution in [0.4, 0.5) is 0 Å². The van der Waals surface area contributed by atoms with E-state index >= 15 is 0 Å². The number of aryl methyl sites for hydroxylation is 1. The molecule has 2 aromatic rings. The largest absolute Gasteiger partial charge is 0.338 e. The molecular formula is C10H13N5O. The molecule has 1 aliphatic carbocycles. The lowest BCUT2D eigenvalue weighted by Gasteiger charge is -2.03. The van der Waals surface area contributed by atoms with Crippen molar-refractivity contribution in [2.24, 2.45) is 12.8 Å². The van der Waals surface area contributed by atoms with E-state index in [1.807, 2.05) is 17.8 Å². The fourth-order valence-electron chi connectivity index (χ4n) is 1.77. The molecule has 0 amide bonds. The van der Waals surface area contributed by atoms with Gasteiger partial charge in [0.25, 0.3) is 0 Å². The molecule has 2 N–H and O–H groups in total. The Kier molecular flexibility index (Phi) is 1.88. The van der Waals surface area contributed by atoms with Gasteiger partial charge in [0.05, 0.1) is 5.41 Å². The summed E-state index contributed by atoms with van der Waals surface area (Å²) >= 11 is 0. The summed E-state index contributed by atoms with van der Waals surface area (Å²) in [5.41, 5.74) is 5.65. The van der Waals surface area contributed by atoms with E-state index in [0.29, 0.717) is 24.1 Å². The maximum atomic E-state index is 5.71. The molecule has 16 heavy (non-hydrogen) atoms. The van der Waals surface area contributed by atoms with Crippen LogP contribution >= 0.6 is 0 Å². The zero-order valence-electron chi connectivity index (χ0n) is 9.05. The first kappa shape index (κ1) is 9.53. The molecule has 2 aromatic heterocycles. The molecule has 0 saturated heterocycles. The highest BCUT2D eigenvalue weighted by Crippen LogP contribution is 2.46. The van der Waals surface area contributed by atoms with Gasteiger partial charge in [-0.25, -0.2) is 4.98 Å². The van der Waals surface area contributed by atoms with Gasteiger partial charge in [-0.15, -0.1) is 0 Å². The monoisotopic (exact) mass is 219 g/mol. The summed E-state index contributed by atoms with van der Waals surface area (Å²) in [6.07, 6.45) is 5.62. The van der Waals surface area contributed by atoms with E-state index in [4.69, 9.17) is 10.3 Å². The Labute approximate surface area is 92.5 Å². The lowest BCUT2D eigenvalue weighted by atomic mass is 10.1. The van der Waals surface area contributed by atoms with Gasteiger partial charge in [0, 0.05) is 26.0 Å². The first-order valence-electron chi connectivity index (χ1n) is 5.27. The van der Waals surface area contributed by atoms with Gasteiger partial charge in [0.2, 0.25) is 11.7 Å². The molecular weight excluding hydrogens is 206 g/mol. The maximum Gasteiger partial charge on any atom is 0.238 e. The van der Waals surface area contributed by atoms with E-state index in [1.165, 1.54) is 0 Å². The molecule has 0 atom stereocenters. The van der Waals surface area contributed by atoms with Gasteiger partial charge in [-0.1, -0.05) is 5.16 Å². The molecule has 6 heteroatoms. The standard InChI is InChI=1S/C10H13N5O/c1-15-5-4-12-8(15)7-13-9(16-14-7)10(6-11)2-3-10/h4-5H,2-3,6,11H2,1H3. The van der Waals surface area contributed by atoms with Crippen LogP contribution in [0.1, 0.15) is 18.7 Å². The van der Waals surface area contributed by atoms with Crippen molar-refractivity contribution in [2.45, 2.75) is 18.3 Å². The Bertz CT molecular complexity index is 511. The molecule has 84 valence electrons. The van der Waals surface area contributed by atoms with Crippen molar-refractivity contribution < 1.29 is 4.52 Å². The molecule has 6 nitrogen and oxygen atoms in total. The summed E-state index contributed by atoms with van der Waals surface area (Å²) < 4.78 is 7.12. The van der Waals surface area contributed by atoms with Gasteiger partial charge >= 0.3 is 0 Å². The van der Waals surface area contributed by atoms with Crippen molar-refractivity contribution in [1.82, 2.24) is 19.7 Å². The lowest BCUT2D eigenvalue weighted by Crippen LogP contribution is -2.20. The van der Waals surface area contributed by atoms with Gasteiger partial charge in [0.15, 0.2) is 5.82 Å². The van der Waals surface area contributed by atoms with E-state index in [9.17, 15) is 0 Å². The van der Waals surface area contributed by atoms with Crippen LogP contribution in [0.3, 0.4) is 0 Å². The number of hydrogen-bond acceptors (Lipinski definition) is 5. The van der Waals surface area contributed by atoms with E-state index < -0.39 is 0 Å². The fraction of sp³-hybridized carbons (Fsp3) is 0.500. The maximum absolute atomic E-state index is 5.71. The third-order valence-electron chi connectivity index (χ3n) is 3.15. The zero-order chi connectivity index (χ0) is 11.2. The van der Waals surface area contributed by atoms with Crippen molar-refractivity contribution in [3.8, 4) is 11.6 Å². The third-order valence-corrected chi connectivity index (χ3v) is 3.15. The number of nitrogens with zero attached hydrogens (tertiary/aromatic N) is 4. The van der Waals surface area contributed by atoms with E-state index in [2.05, 4.69) is 15.1 Å². The van der Waals surface area contributed by atoms with Gasteiger partial charge < -0.3 is 14.8 Å². The second-order valence-electron chi connectivity index (χ2n) is 4.27. The quantitative estimate of drug-likeness (QED) is 0.810. The smallest absolute Gasteiger partial charge is 0.238 e. The predicted octanol–water partition coefficient (Wildman–Crippen LogP) is 0.460. The summed E-state index contributed by atoms with van der Waals surface area (Å²) in [7, 11) is 1.90. The molecule has 1 aliphatic rings.